The van der Waals surface area contributed by atoms with Gasteiger partial charge in [0.2, 0.25) is 5.91 Å². The first-order valence-corrected chi connectivity index (χ1v) is 9.92. The minimum Gasteiger partial charge on any atom is -0.394 e. The summed E-state index contributed by atoms with van der Waals surface area (Å²) >= 11 is 0. The molecule has 1 aromatic rings. The Hall–Kier alpha value is -1.99. The molecule has 7 nitrogen and oxygen atoms in total. The van der Waals surface area contributed by atoms with E-state index in [1.54, 1.807) is 24.5 Å². The molecule has 7 heteroatoms. The number of rotatable bonds is 7. The maximum Gasteiger partial charge on any atom is 0.251 e. The topological polar surface area (TPSA) is 101 Å². The SMILES string of the molecule is O=C(N[C@@H]1CC[C@@H](CCNC(=O)C2CCCC2)O[C@H]1CO)c1ccncc1. The van der Waals surface area contributed by atoms with E-state index in [4.69, 9.17) is 4.74 Å². The summed E-state index contributed by atoms with van der Waals surface area (Å²) in [5.74, 6) is 0.145. The van der Waals surface area contributed by atoms with E-state index in [1.165, 1.54) is 0 Å². The van der Waals surface area contributed by atoms with Crippen LogP contribution >= 0.6 is 0 Å². The van der Waals surface area contributed by atoms with Crippen molar-refractivity contribution in [2.45, 2.75) is 63.2 Å². The van der Waals surface area contributed by atoms with Crippen molar-refractivity contribution in [3.05, 3.63) is 30.1 Å². The van der Waals surface area contributed by atoms with Gasteiger partial charge in [0.25, 0.3) is 5.91 Å². The van der Waals surface area contributed by atoms with Gasteiger partial charge in [-0.3, -0.25) is 14.6 Å². The van der Waals surface area contributed by atoms with Crippen LogP contribution in [0.4, 0.5) is 0 Å². The second-order valence-electron chi connectivity index (χ2n) is 7.43. The Labute approximate surface area is 159 Å². The predicted octanol–water partition coefficient (Wildman–Crippen LogP) is 1.42. The van der Waals surface area contributed by atoms with Gasteiger partial charge in [-0.15, -0.1) is 0 Å². The zero-order valence-corrected chi connectivity index (χ0v) is 15.6. The summed E-state index contributed by atoms with van der Waals surface area (Å²) in [5.41, 5.74) is 0.540. The number of aromatic nitrogens is 1. The van der Waals surface area contributed by atoms with Gasteiger partial charge in [-0.1, -0.05) is 12.8 Å². The fourth-order valence-corrected chi connectivity index (χ4v) is 3.95. The summed E-state index contributed by atoms with van der Waals surface area (Å²) in [7, 11) is 0. The lowest BCUT2D eigenvalue weighted by molar-refractivity contribution is -0.125. The molecule has 0 unspecified atom stereocenters. The van der Waals surface area contributed by atoms with Crippen LogP contribution in [-0.4, -0.2) is 53.3 Å². The summed E-state index contributed by atoms with van der Waals surface area (Å²) < 4.78 is 5.96. The van der Waals surface area contributed by atoms with E-state index < -0.39 is 6.10 Å². The maximum absolute atomic E-state index is 12.3. The monoisotopic (exact) mass is 375 g/mol. The summed E-state index contributed by atoms with van der Waals surface area (Å²) in [5, 5.41) is 15.6. The van der Waals surface area contributed by atoms with Crippen LogP contribution in [0, 0.1) is 5.92 Å². The highest BCUT2D eigenvalue weighted by Gasteiger charge is 2.32. The van der Waals surface area contributed by atoms with E-state index in [1.807, 2.05) is 0 Å². The largest absolute Gasteiger partial charge is 0.394 e. The Morgan fingerprint density at radius 3 is 2.59 bits per heavy atom. The van der Waals surface area contributed by atoms with Crippen molar-refractivity contribution in [3.8, 4) is 0 Å². The van der Waals surface area contributed by atoms with Gasteiger partial charge >= 0.3 is 0 Å². The molecule has 2 aliphatic rings. The fourth-order valence-electron chi connectivity index (χ4n) is 3.95. The molecule has 1 saturated heterocycles. The van der Waals surface area contributed by atoms with E-state index in [0.29, 0.717) is 12.1 Å². The molecule has 1 aliphatic carbocycles. The Morgan fingerprint density at radius 1 is 1.15 bits per heavy atom. The first-order valence-electron chi connectivity index (χ1n) is 9.92. The van der Waals surface area contributed by atoms with Crippen LogP contribution < -0.4 is 10.6 Å². The average molecular weight is 375 g/mol. The number of hydrogen-bond donors (Lipinski definition) is 3. The average Bonchev–Trinajstić information content (AvgIpc) is 3.24. The van der Waals surface area contributed by atoms with Crippen LogP contribution in [-0.2, 0) is 9.53 Å². The molecule has 148 valence electrons. The molecule has 27 heavy (non-hydrogen) atoms. The third-order valence-corrected chi connectivity index (χ3v) is 5.55. The normalized spacial score (nSPS) is 25.9. The highest BCUT2D eigenvalue weighted by atomic mass is 16.5. The van der Waals surface area contributed by atoms with Crippen molar-refractivity contribution in [2.75, 3.05) is 13.2 Å². The lowest BCUT2D eigenvalue weighted by atomic mass is 9.96. The number of aliphatic hydroxyl groups excluding tert-OH is 1. The third-order valence-electron chi connectivity index (χ3n) is 5.55. The maximum atomic E-state index is 12.3. The number of amides is 2. The first kappa shape index (κ1) is 19.8. The van der Waals surface area contributed by atoms with Gasteiger partial charge in [-0.25, -0.2) is 0 Å². The molecule has 0 bridgehead atoms. The molecule has 0 aromatic carbocycles. The molecule has 3 rings (SSSR count). The van der Waals surface area contributed by atoms with Crippen LogP contribution in [0.15, 0.2) is 24.5 Å². The van der Waals surface area contributed by atoms with E-state index >= 15 is 0 Å². The molecule has 2 heterocycles. The quantitative estimate of drug-likeness (QED) is 0.669. The number of aliphatic hydroxyl groups is 1. The van der Waals surface area contributed by atoms with Crippen LogP contribution in [0.25, 0.3) is 0 Å². The molecule has 0 spiro atoms. The highest BCUT2D eigenvalue weighted by Crippen LogP contribution is 2.25. The first-order chi connectivity index (χ1) is 13.2. The molecule has 2 amide bonds. The van der Waals surface area contributed by atoms with Gasteiger partial charge in [0.15, 0.2) is 0 Å². The van der Waals surface area contributed by atoms with Crippen molar-refractivity contribution >= 4 is 11.8 Å². The van der Waals surface area contributed by atoms with E-state index in [9.17, 15) is 14.7 Å². The van der Waals surface area contributed by atoms with Crippen LogP contribution in [0.3, 0.4) is 0 Å². The molecule has 1 saturated carbocycles. The molecule has 3 N–H and O–H groups in total. The van der Waals surface area contributed by atoms with Gasteiger partial charge in [-0.2, -0.15) is 0 Å². The second kappa shape index (κ2) is 9.80. The number of ether oxygens (including phenoxy) is 1. The molecule has 1 aliphatic heterocycles. The number of carbonyl (C=O) groups is 2. The van der Waals surface area contributed by atoms with Crippen LogP contribution in [0.2, 0.25) is 0 Å². The zero-order valence-electron chi connectivity index (χ0n) is 15.6. The third kappa shape index (κ3) is 5.49. The van der Waals surface area contributed by atoms with Gasteiger partial charge in [0.05, 0.1) is 18.8 Å². The summed E-state index contributed by atoms with van der Waals surface area (Å²) in [6, 6.07) is 3.09. The minimum atomic E-state index is -0.430. The minimum absolute atomic E-state index is 0.0138. The van der Waals surface area contributed by atoms with Gasteiger partial charge in [0, 0.05) is 30.4 Å². The second-order valence-corrected chi connectivity index (χ2v) is 7.43. The molecule has 0 radical (unpaired) electrons. The van der Waals surface area contributed by atoms with Crippen molar-refractivity contribution in [1.29, 1.82) is 0 Å². The summed E-state index contributed by atoms with van der Waals surface area (Å²) in [4.78, 5) is 28.3. The molecule has 2 fully saturated rings. The van der Waals surface area contributed by atoms with Gasteiger partial charge < -0.3 is 20.5 Å². The fraction of sp³-hybridized carbons (Fsp3) is 0.650. The zero-order chi connectivity index (χ0) is 19.1. The summed E-state index contributed by atoms with van der Waals surface area (Å²) in [6.45, 7) is 0.443. The Balaban J connectivity index is 1.42. The van der Waals surface area contributed by atoms with Crippen molar-refractivity contribution < 1.29 is 19.4 Å². The van der Waals surface area contributed by atoms with E-state index in [-0.39, 0.29) is 36.5 Å². The van der Waals surface area contributed by atoms with Crippen molar-refractivity contribution in [1.82, 2.24) is 15.6 Å². The molecular formula is C20H29N3O4. The van der Waals surface area contributed by atoms with E-state index in [0.717, 1.165) is 44.9 Å². The Morgan fingerprint density at radius 2 is 1.89 bits per heavy atom. The standard InChI is InChI=1S/C20H29N3O4/c24-13-18-17(23-20(26)15-7-10-21-11-8-15)6-5-16(27-18)9-12-22-19(25)14-3-1-2-4-14/h7-8,10-11,14,16-18,24H,1-6,9,12-13H2,(H,22,25)(H,23,26)/t16-,17+,18-/m0/s1. The summed E-state index contributed by atoms with van der Waals surface area (Å²) in [6.07, 6.45) is 9.25. The highest BCUT2D eigenvalue weighted by molar-refractivity contribution is 5.94. The van der Waals surface area contributed by atoms with E-state index in [2.05, 4.69) is 15.6 Å². The smallest absolute Gasteiger partial charge is 0.251 e. The Bertz CT molecular complexity index is 619. The van der Waals surface area contributed by atoms with Crippen molar-refractivity contribution in [2.24, 2.45) is 5.92 Å². The lowest BCUT2D eigenvalue weighted by Gasteiger charge is -2.36. The number of pyridine rings is 1. The molecular weight excluding hydrogens is 346 g/mol. The van der Waals surface area contributed by atoms with Gasteiger partial charge in [-0.05, 0) is 44.2 Å². The number of carbonyl (C=O) groups excluding carboxylic acids is 2. The number of hydrogen-bond acceptors (Lipinski definition) is 5. The van der Waals surface area contributed by atoms with Crippen LogP contribution in [0.1, 0.15) is 55.3 Å². The van der Waals surface area contributed by atoms with Gasteiger partial charge in [0.1, 0.15) is 6.10 Å². The van der Waals surface area contributed by atoms with Crippen LogP contribution in [0.5, 0.6) is 0 Å². The predicted molar refractivity (Wildman–Crippen MR) is 100 cm³/mol. The number of nitrogens with zero attached hydrogens (tertiary/aromatic N) is 1. The Kier molecular flexibility index (Phi) is 7.18. The number of nitrogens with one attached hydrogen (secondary N) is 2. The molecule has 1 aromatic heterocycles. The lowest BCUT2D eigenvalue weighted by Crippen LogP contribution is -2.51. The van der Waals surface area contributed by atoms with Crippen molar-refractivity contribution in [3.63, 3.8) is 0 Å². The molecule has 3 atom stereocenters.